The Balaban J connectivity index is 1.71. The van der Waals surface area contributed by atoms with Crippen LogP contribution in [-0.4, -0.2) is 27.5 Å². The van der Waals surface area contributed by atoms with Gasteiger partial charge in [-0.15, -0.1) is 0 Å². The molecule has 0 saturated heterocycles. The Bertz CT molecular complexity index is 1110. The highest BCUT2D eigenvalue weighted by atomic mass is 32.2. The second-order valence-corrected chi connectivity index (χ2v) is 9.18. The second kappa shape index (κ2) is 6.60. The van der Waals surface area contributed by atoms with Crippen LogP contribution < -0.4 is 9.62 Å². The van der Waals surface area contributed by atoms with Crippen molar-refractivity contribution in [1.29, 1.82) is 0 Å². The van der Waals surface area contributed by atoms with E-state index < -0.39 is 10.0 Å². The smallest absolute Gasteiger partial charge is 0.261 e. The molecule has 0 spiro atoms. The van der Waals surface area contributed by atoms with Gasteiger partial charge in [-0.3, -0.25) is 4.72 Å². The number of hydrogen-bond acceptors (Lipinski definition) is 3. The molecule has 0 saturated carbocycles. The van der Waals surface area contributed by atoms with Gasteiger partial charge in [0.15, 0.2) is 0 Å². The Morgan fingerprint density at radius 1 is 1.04 bits per heavy atom. The molecule has 27 heavy (non-hydrogen) atoms. The third-order valence-corrected chi connectivity index (χ3v) is 6.70. The number of benzene rings is 2. The van der Waals surface area contributed by atoms with E-state index >= 15 is 0 Å². The van der Waals surface area contributed by atoms with Crippen molar-refractivity contribution in [1.82, 2.24) is 4.98 Å². The molecule has 0 unspecified atom stereocenters. The number of hydrogen-bond donors (Lipinski definition) is 2. The Morgan fingerprint density at radius 3 is 2.59 bits per heavy atom. The van der Waals surface area contributed by atoms with Gasteiger partial charge in [0, 0.05) is 36.4 Å². The SMILES string of the molecule is Cc1ccc(NS(=O)(=O)c2ccc3[nH]c4c(c3c2)CCCC4)cc1N(C)C. The molecular formula is C21H25N3O2S. The number of fused-ring (bicyclic) bond motifs is 3. The predicted molar refractivity (Wildman–Crippen MR) is 111 cm³/mol. The normalized spacial score (nSPS) is 14.2. The van der Waals surface area contributed by atoms with Crippen molar-refractivity contribution in [3.8, 4) is 0 Å². The number of nitrogens with zero attached hydrogens (tertiary/aromatic N) is 1. The van der Waals surface area contributed by atoms with Gasteiger partial charge in [-0.05, 0) is 74.1 Å². The van der Waals surface area contributed by atoms with Gasteiger partial charge in [-0.1, -0.05) is 6.07 Å². The number of sulfonamides is 1. The highest BCUT2D eigenvalue weighted by molar-refractivity contribution is 7.92. The van der Waals surface area contributed by atoms with Crippen LogP contribution in [0.5, 0.6) is 0 Å². The lowest BCUT2D eigenvalue weighted by Gasteiger charge is -2.17. The number of aryl methyl sites for hydroxylation is 3. The maximum Gasteiger partial charge on any atom is 0.261 e. The van der Waals surface area contributed by atoms with Crippen LogP contribution in [0, 0.1) is 6.92 Å². The summed E-state index contributed by atoms with van der Waals surface area (Å²) in [5, 5.41) is 1.03. The first-order chi connectivity index (χ1) is 12.8. The molecule has 2 N–H and O–H groups in total. The molecule has 1 aliphatic rings. The van der Waals surface area contributed by atoms with Gasteiger partial charge in [0.1, 0.15) is 0 Å². The first-order valence-electron chi connectivity index (χ1n) is 9.29. The summed E-state index contributed by atoms with van der Waals surface area (Å²) in [5.74, 6) is 0. The van der Waals surface area contributed by atoms with Gasteiger partial charge in [0.25, 0.3) is 10.0 Å². The molecule has 2 aromatic carbocycles. The van der Waals surface area contributed by atoms with Gasteiger partial charge in [0.2, 0.25) is 0 Å². The Hall–Kier alpha value is -2.47. The summed E-state index contributed by atoms with van der Waals surface area (Å²) in [7, 11) is 0.249. The van der Waals surface area contributed by atoms with Crippen molar-refractivity contribution < 1.29 is 8.42 Å². The van der Waals surface area contributed by atoms with Crippen molar-refractivity contribution >= 4 is 32.3 Å². The zero-order chi connectivity index (χ0) is 19.2. The molecule has 5 nitrogen and oxygen atoms in total. The summed E-state index contributed by atoms with van der Waals surface area (Å²) >= 11 is 0. The molecule has 0 radical (unpaired) electrons. The van der Waals surface area contributed by atoms with Gasteiger partial charge in [-0.25, -0.2) is 8.42 Å². The third-order valence-electron chi connectivity index (χ3n) is 5.32. The number of rotatable bonds is 4. The maximum absolute atomic E-state index is 13.0. The summed E-state index contributed by atoms with van der Waals surface area (Å²) in [4.78, 5) is 5.73. The van der Waals surface area contributed by atoms with Gasteiger partial charge < -0.3 is 9.88 Å². The van der Waals surface area contributed by atoms with Gasteiger partial charge in [-0.2, -0.15) is 0 Å². The standard InChI is InChI=1S/C21H25N3O2S/c1-14-8-9-15(12-21(14)24(2)3)23-27(25,26)16-10-11-20-18(13-16)17-6-4-5-7-19(17)22-20/h8-13,22-23H,4-7H2,1-3H3. The fraction of sp³-hybridized carbons (Fsp3) is 0.333. The van der Waals surface area contributed by atoms with Crippen molar-refractivity contribution in [2.75, 3.05) is 23.7 Å². The zero-order valence-electron chi connectivity index (χ0n) is 16.0. The first kappa shape index (κ1) is 17.9. The highest BCUT2D eigenvalue weighted by Crippen LogP contribution is 2.31. The van der Waals surface area contributed by atoms with Crippen LogP contribution in [-0.2, 0) is 22.9 Å². The molecule has 0 bridgehead atoms. The highest BCUT2D eigenvalue weighted by Gasteiger charge is 2.20. The average Bonchev–Trinajstić information content (AvgIpc) is 3.01. The summed E-state index contributed by atoms with van der Waals surface area (Å²) in [6, 6.07) is 11.0. The molecule has 0 fully saturated rings. The van der Waals surface area contributed by atoms with Crippen LogP contribution >= 0.6 is 0 Å². The molecule has 0 aliphatic heterocycles. The van der Waals surface area contributed by atoms with Gasteiger partial charge in [0.05, 0.1) is 10.6 Å². The van der Waals surface area contributed by atoms with Crippen LogP contribution in [0.4, 0.5) is 11.4 Å². The molecule has 3 aromatic rings. The second-order valence-electron chi connectivity index (χ2n) is 7.50. The molecule has 0 amide bonds. The predicted octanol–water partition coefficient (Wildman–Crippen LogP) is 4.22. The summed E-state index contributed by atoms with van der Waals surface area (Å²) in [5.41, 5.74) is 6.21. The van der Waals surface area contributed by atoms with E-state index in [1.807, 2.05) is 44.1 Å². The number of nitrogens with one attached hydrogen (secondary N) is 2. The molecule has 6 heteroatoms. The van der Waals surface area contributed by atoms with Gasteiger partial charge >= 0.3 is 0 Å². The molecule has 1 aliphatic carbocycles. The largest absolute Gasteiger partial charge is 0.377 e. The van der Waals surface area contributed by atoms with Crippen LogP contribution in [0.25, 0.3) is 10.9 Å². The summed E-state index contributed by atoms with van der Waals surface area (Å²) in [6.07, 6.45) is 4.40. The summed E-state index contributed by atoms with van der Waals surface area (Å²) in [6.45, 7) is 2.01. The minimum Gasteiger partial charge on any atom is -0.377 e. The lowest BCUT2D eigenvalue weighted by molar-refractivity contribution is 0.601. The van der Waals surface area contributed by atoms with E-state index in [-0.39, 0.29) is 0 Å². The minimum absolute atomic E-state index is 0.300. The average molecular weight is 384 g/mol. The molecule has 1 heterocycles. The number of aromatic amines is 1. The lowest BCUT2D eigenvalue weighted by Crippen LogP contribution is -2.15. The first-order valence-corrected chi connectivity index (χ1v) is 10.8. The molecule has 0 atom stereocenters. The monoisotopic (exact) mass is 383 g/mol. The van der Waals surface area contributed by atoms with E-state index in [4.69, 9.17) is 0 Å². The van der Waals surface area contributed by atoms with E-state index in [1.165, 1.54) is 17.7 Å². The maximum atomic E-state index is 13.0. The fourth-order valence-corrected chi connectivity index (χ4v) is 5.00. The van der Waals surface area contributed by atoms with Crippen LogP contribution in [0.15, 0.2) is 41.3 Å². The fourth-order valence-electron chi connectivity index (χ4n) is 3.92. The number of aromatic nitrogens is 1. The van der Waals surface area contributed by atoms with Crippen molar-refractivity contribution in [3.63, 3.8) is 0 Å². The molecule has 4 rings (SSSR count). The Kier molecular flexibility index (Phi) is 4.38. The van der Waals surface area contributed by atoms with Crippen molar-refractivity contribution in [2.45, 2.75) is 37.5 Å². The van der Waals surface area contributed by atoms with E-state index in [9.17, 15) is 8.42 Å². The Labute approximate surface area is 160 Å². The van der Waals surface area contributed by atoms with E-state index in [0.29, 0.717) is 10.6 Å². The van der Waals surface area contributed by atoms with E-state index in [0.717, 1.165) is 41.4 Å². The Morgan fingerprint density at radius 2 is 1.81 bits per heavy atom. The van der Waals surface area contributed by atoms with Crippen LogP contribution in [0.3, 0.4) is 0 Å². The van der Waals surface area contributed by atoms with Crippen molar-refractivity contribution in [2.24, 2.45) is 0 Å². The number of anilines is 2. The molecule has 1 aromatic heterocycles. The topological polar surface area (TPSA) is 65.2 Å². The summed E-state index contributed by atoms with van der Waals surface area (Å²) < 4.78 is 28.7. The zero-order valence-corrected chi connectivity index (χ0v) is 16.8. The quantitative estimate of drug-likeness (QED) is 0.709. The number of H-pyrrole nitrogens is 1. The molecular weight excluding hydrogens is 358 g/mol. The van der Waals surface area contributed by atoms with Crippen LogP contribution in [0.2, 0.25) is 0 Å². The molecule has 142 valence electrons. The third kappa shape index (κ3) is 3.30. The minimum atomic E-state index is -3.65. The van der Waals surface area contributed by atoms with Crippen molar-refractivity contribution in [3.05, 3.63) is 53.2 Å². The van der Waals surface area contributed by atoms with E-state index in [2.05, 4.69) is 9.71 Å². The van der Waals surface area contributed by atoms with E-state index in [1.54, 1.807) is 18.2 Å². The van der Waals surface area contributed by atoms with Crippen LogP contribution in [0.1, 0.15) is 29.7 Å². The lowest BCUT2D eigenvalue weighted by atomic mass is 9.96.